The van der Waals surface area contributed by atoms with Gasteiger partial charge in [0, 0.05) is 31.7 Å². The lowest BCUT2D eigenvalue weighted by Gasteiger charge is -2.23. The second-order valence-corrected chi connectivity index (χ2v) is 7.70. The van der Waals surface area contributed by atoms with Crippen LogP contribution >= 0.6 is 0 Å². The number of hydrogen-bond donors (Lipinski definition) is 0. The van der Waals surface area contributed by atoms with E-state index in [1.807, 2.05) is 44.3 Å². The minimum Gasteiger partial charge on any atom is -0.454 e. The average Bonchev–Trinajstić information content (AvgIpc) is 3.43. The predicted molar refractivity (Wildman–Crippen MR) is 124 cm³/mol. The van der Waals surface area contributed by atoms with Gasteiger partial charge in [-0.2, -0.15) is 5.10 Å². The van der Waals surface area contributed by atoms with Crippen LogP contribution in [0.2, 0.25) is 0 Å². The molecular formula is C24H28N6O2. The van der Waals surface area contributed by atoms with Crippen LogP contribution in [0.1, 0.15) is 29.9 Å². The zero-order valence-corrected chi connectivity index (χ0v) is 18.9. The van der Waals surface area contributed by atoms with Gasteiger partial charge in [0.1, 0.15) is 11.3 Å². The molecule has 0 saturated heterocycles. The summed E-state index contributed by atoms with van der Waals surface area (Å²) in [6, 6.07) is 11.6. The lowest BCUT2D eigenvalue weighted by molar-refractivity contribution is 0.0779. The number of benzene rings is 1. The molecule has 4 aromatic rings. The number of carbonyl (C=O) groups excluding carboxylic acids is 1. The van der Waals surface area contributed by atoms with Crippen molar-refractivity contribution >= 4 is 16.9 Å². The molecule has 1 aromatic carbocycles. The SMILES string of the molecule is CCN(CC)CCN(C)C(=O)c1cnn(-c2nccc(-c3cc4ccccc4o3)n2)c1C. The van der Waals surface area contributed by atoms with Crippen LogP contribution in [0.15, 0.2) is 53.2 Å². The molecule has 0 saturated carbocycles. The standard InChI is InChI=1S/C24H28N6O2/c1-5-29(6-2)14-13-28(4)23(31)19-16-26-30(17(19)3)24-25-12-11-20(27-24)22-15-18-9-7-8-10-21(18)32-22/h7-12,15-16H,5-6,13-14H2,1-4H3. The molecule has 4 rings (SSSR count). The van der Waals surface area contributed by atoms with Crippen LogP contribution < -0.4 is 0 Å². The van der Waals surface area contributed by atoms with Crippen molar-refractivity contribution in [1.82, 2.24) is 29.5 Å². The number of carbonyl (C=O) groups is 1. The number of hydrogen-bond acceptors (Lipinski definition) is 6. The van der Waals surface area contributed by atoms with Crippen LogP contribution in [0.25, 0.3) is 28.4 Å². The summed E-state index contributed by atoms with van der Waals surface area (Å²) in [5, 5.41) is 5.41. The number of likely N-dealkylation sites (N-methyl/N-ethyl adjacent to an activating group) is 2. The second-order valence-electron chi connectivity index (χ2n) is 7.70. The summed E-state index contributed by atoms with van der Waals surface area (Å²) in [6.45, 7) is 9.53. The summed E-state index contributed by atoms with van der Waals surface area (Å²) >= 11 is 0. The molecule has 0 unspecified atom stereocenters. The summed E-state index contributed by atoms with van der Waals surface area (Å²) in [5.74, 6) is 0.992. The monoisotopic (exact) mass is 432 g/mol. The molecule has 0 aliphatic heterocycles. The Morgan fingerprint density at radius 1 is 1.12 bits per heavy atom. The van der Waals surface area contributed by atoms with Crippen molar-refractivity contribution in [2.45, 2.75) is 20.8 Å². The third-order valence-electron chi connectivity index (χ3n) is 5.74. The van der Waals surface area contributed by atoms with Crippen LogP contribution in [-0.2, 0) is 0 Å². The molecule has 0 aliphatic rings. The lowest BCUT2D eigenvalue weighted by Crippen LogP contribution is -2.36. The fourth-order valence-electron chi connectivity index (χ4n) is 3.66. The number of aromatic nitrogens is 4. The lowest BCUT2D eigenvalue weighted by atomic mass is 10.2. The van der Waals surface area contributed by atoms with Gasteiger partial charge in [0.15, 0.2) is 5.76 Å². The molecule has 0 radical (unpaired) electrons. The van der Waals surface area contributed by atoms with E-state index in [-0.39, 0.29) is 5.91 Å². The summed E-state index contributed by atoms with van der Waals surface area (Å²) in [4.78, 5) is 26.0. The van der Waals surface area contributed by atoms with Crippen molar-refractivity contribution in [2.75, 3.05) is 33.2 Å². The van der Waals surface area contributed by atoms with Crippen LogP contribution in [0.4, 0.5) is 0 Å². The van der Waals surface area contributed by atoms with Gasteiger partial charge in [-0.15, -0.1) is 0 Å². The van der Waals surface area contributed by atoms with Crippen molar-refractivity contribution in [3.8, 4) is 17.4 Å². The average molecular weight is 433 g/mol. The molecule has 0 atom stereocenters. The van der Waals surface area contributed by atoms with Crippen molar-refractivity contribution < 1.29 is 9.21 Å². The highest BCUT2D eigenvalue weighted by Crippen LogP contribution is 2.26. The van der Waals surface area contributed by atoms with E-state index in [0.29, 0.717) is 35.2 Å². The molecule has 0 aliphatic carbocycles. The first-order chi connectivity index (χ1) is 15.5. The van der Waals surface area contributed by atoms with Crippen molar-refractivity contribution in [1.29, 1.82) is 0 Å². The summed E-state index contributed by atoms with van der Waals surface area (Å²) in [5.41, 5.74) is 2.71. The molecule has 0 N–H and O–H groups in total. The zero-order chi connectivity index (χ0) is 22.7. The normalized spacial score (nSPS) is 11.4. The maximum Gasteiger partial charge on any atom is 0.257 e. The summed E-state index contributed by atoms with van der Waals surface area (Å²) in [7, 11) is 1.82. The topological polar surface area (TPSA) is 80.3 Å². The van der Waals surface area contributed by atoms with E-state index >= 15 is 0 Å². The Hall–Kier alpha value is -3.52. The minimum absolute atomic E-state index is 0.0608. The molecule has 32 heavy (non-hydrogen) atoms. The maximum atomic E-state index is 13.0. The molecule has 0 spiro atoms. The molecule has 8 nitrogen and oxygen atoms in total. The second kappa shape index (κ2) is 9.32. The van der Waals surface area contributed by atoms with Gasteiger partial charge < -0.3 is 14.2 Å². The van der Waals surface area contributed by atoms with E-state index in [4.69, 9.17) is 4.42 Å². The van der Waals surface area contributed by atoms with Crippen LogP contribution in [0.5, 0.6) is 0 Å². The number of nitrogens with zero attached hydrogens (tertiary/aromatic N) is 6. The smallest absolute Gasteiger partial charge is 0.257 e. The van der Waals surface area contributed by atoms with Gasteiger partial charge in [-0.3, -0.25) is 4.79 Å². The molecular weight excluding hydrogens is 404 g/mol. The number of rotatable bonds is 8. The number of fused-ring (bicyclic) bond motifs is 1. The Morgan fingerprint density at radius 3 is 2.66 bits per heavy atom. The van der Waals surface area contributed by atoms with Crippen LogP contribution in [0.3, 0.4) is 0 Å². The Labute approximate surface area is 187 Å². The molecule has 8 heteroatoms. The molecule has 1 amide bonds. The minimum atomic E-state index is -0.0608. The van der Waals surface area contributed by atoms with Gasteiger partial charge in [-0.25, -0.2) is 14.6 Å². The van der Waals surface area contributed by atoms with E-state index in [2.05, 4.69) is 33.8 Å². The third-order valence-corrected chi connectivity index (χ3v) is 5.74. The first kappa shape index (κ1) is 21.7. The van der Waals surface area contributed by atoms with Gasteiger partial charge >= 0.3 is 0 Å². The Morgan fingerprint density at radius 2 is 1.91 bits per heavy atom. The number of para-hydroxylation sites is 1. The number of furan rings is 1. The summed E-state index contributed by atoms with van der Waals surface area (Å²) in [6.07, 6.45) is 3.26. The highest BCUT2D eigenvalue weighted by atomic mass is 16.3. The van der Waals surface area contributed by atoms with Crippen molar-refractivity contribution in [2.24, 2.45) is 0 Å². The summed E-state index contributed by atoms with van der Waals surface area (Å²) < 4.78 is 7.52. The molecule has 3 aromatic heterocycles. The fraction of sp³-hybridized carbons (Fsp3) is 0.333. The van der Waals surface area contributed by atoms with Gasteiger partial charge in [-0.1, -0.05) is 32.0 Å². The zero-order valence-electron chi connectivity index (χ0n) is 18.9. The highest BCUT2D eigenvalue weighted by molar-refractivity contribution is 5.95. The van der Waals surface area contributed by atoms with Gasteiger partial charge in [-0.05, 0) is 38.2 Å². The molecule has 0 fully saturated rings. The van der Waals surface area contributed by atoms with Crippen LogP contribution in [-0.4, -0.2) is 68.7 Å². The van der Waals surface area contributed by atoms with Crippen molar-refractivity contribution in [3.05, 3.63) is 60.0 Å². The van der Waals surface area contributed by atoms with Gasteiger partial charge in [0.05, 0.1) is 17.5 Å². The van der Waals surface area contributed by atoms with E-state index in [0.717, 1.165) is 30.6 Å². The first-order valence-corrected chi connectivity index (χ1v) is 10.9. The van der Waals surface area contributed by atoms with Crippen molar-refractivity contribution in [3.63, 3.8) is 0 Å². The molecule has 0 bridgehead atoms. The highest BCUT2D eigenvalue weighted by Gasteiger charge is 2.20. The quantitative estimate of drug-likeness (QED) is 0.421. The maximum absolute atomic E-state index is 13.0. The Bertz CT molecular complexity index is 1190. The molecule has 3 heterocycles. The van der Waals surface area contributed by atoms with Crippen LogP contribution in [0, 0.1) is 6.92 Å². The molecule has 166 valence electrons. The van der Waals surface area contributed by atoms with E-state index in [1.54, 1.807) is 28.0 Å². The van der Waals surface area contributed by atoms with Gasteiger partial charge in [0.2, 0.25) is 0 Å². The first-order valence-electron chi connectivity index (χ1n) is 10.9. The van der Waals surface area contributed by atoms with E-state index < -0.39 is 0 Å². The third kappa shape index (κ3) is 4.27. The Balaban J connectivity index is 1.56. The predicted octanol–water partition coefficient (Wildman–Crippen LogP) is 3.80. The van der Waals surface area contributed by atoms with Gasteiger partial charge in [0.25, 0.3) is 11.9 Å². The van der Waals surface area contributed by atoms with E-state index in [1.165, 1.54) is 0 Å². The fourth-order valence-corrected chi connectivity index (χ4v) is 3.66. The number of amides is 1. The largest absolute Gasteiger partial charge is 0.454 e. The Kier molecular flexibility index (Phi) is 6.32. The van der Waals surface area contributed by atoms with E-state index in [9.17, 15) is 4.79 Å².